The number of hydrogen-bond acceptors (Lipinski definition) is 3. The van der Waals surface area contributed by atoms with Crippen LogP contribution in [0.4, 0.5) is 0 Å². The van der Waals surface area contributed by atoms with E-state index < -0.39 is 6.04 Å². The van der Waals surface area contributed by atoms with Crippen molar-refractivity contribution in [1.29, 1.82) is 0 Å². The molecule has 1 unspecified atom stereocenters. The van der Waals surface area contributed by atoms with Crippen LogP contribution in [0.25, 0.3) is 0 Å². The molecule has 2 rings (SSSR count). The van der Waals surface area contributed by atoms with Crippen molar-refractivity contribution in [3.8, 4) is 11.8 Å². The molecule has 2 amide bonds. The van der Waals surface area contributed by atoms with Gasteiger partial charge in [0.2, 0.25) is 5.91 Å². The first-order valence-electron chi connectivity index (χ1n) is 6.49. The first kappa shape index (κ1) is 14.1. The molecule has 1 aliphatic rings. The van der Waals surface area contributed by atoms with Crippen LogP contribution in [0.5, 0.6) is 0 Å². The lowest BCUT2D eigenvalue weighted by Crippen LogP contribution is -2.50. The van der Waals surface area contributed by atoms with Crippen LogP contribution < -0.4 is 10.6 Å². The summed E-state index contributed by atoms with van der Waals surface area (Å²) in [6.45, 7) is 0.475. The van der Waals surface area contributed by atoms with Crippen LogP contribution >= 0.6 is 0 Å². The van der Waals surface area contributed by atoms with Gasteiger partial charge in [0.15, 0.2) is 0 Å². The Morgan fingerprint density at radius 3 is 2.80 bits per heavy atom. The van der Waals surface area contributed by atoms with Crippen LogP contribution in [-0.4, -0.2) is 36.1 Å². The predicted octanol–water partition coefficient (Wildman–Crippen LogP) is 0.0388. The lowest BCUT2D eigenvalue weighted by atomic mass is 10.1. The molecule has 1 aromatic carbocycles. The Bertz CT molecular complexity index is 555. The van der Waals surface area contributed by atoms with Crippen LogP contribution in [0.1, 0.15) is 28.8 Å². The van der Waals surface area contributed by atoms with E-state index in [1.807, 2.05) is 0 Å². The van der Waals surface area contributed by atoms with E-state index in [1.165, 1.54) is 0 Å². The second-order valence-corrected chi connectivity index (χ2v) is 4.50. The summed E-state index contributed by atoms with van der Waals surface area (Å²) >= 11 is 0. The average Bonchev–Trinajstić information content (AvgIpc) is 2.48. The third-order valence-electron chi connectivity index (χ3n) is 3.05. The fraction of sp³-hybridized carbons (Fsp3) is 0.333. The molecule has 0 saturated carbocycles. The molecule has 1 saturated heterocycles. The minimum atomic E-state index is -0.454. The number of piperidine rings is 1. The fourth-order valence-electron chi connectivity index (χ4n) is 2.00. The SMILES string of the molecule is O=C(NC1CCCNC1=O)c1ccc(C#CCO)cc1. The molecular formula is C15H16N2O3. The maximum Gasteiger partial charge on any atom is 0.251 e. The van der Waals surface area contributed by atoms with Crippen LogP contribution in [0.3, 0.4) is 0 Å². The van der Waals surface area contributed by atoms with Gasteiger partial charge in [-0.25, -0.2) is 0 Å². The first-order valence-corrected chi connectivity index (χ1v) is 6.49. The zero-order chi connectivity index (χ0) is 14.4. The van der Waals surface area contributed by atoms with Gasteiger partial charge in [0.05, 0.1) is 0 Å². The van der Waals surface area contributed by atoms with Gasteiger partial charge in [0.25, 0.3) is 5.91 Å². The lowest BCUT2D eigenvalue weighted by molar-refractivity contribution is -0.124. The Labute approximate surface area is 117 Å². The van der Waals surface area contributed by atoms with Gasteiger partial charge in [0.1, 0.15) is 12.6 Å². The van der Waals surface area contributed by atoms with Gasteiger partial charge in [-0.05, 0) is 37.1 Å². The van der Waals surface area contributed by atoms with E-state index in [0.29, 0.717) is 18.5 Å². The summed E-state index contributed by atoms with van der Waals surface area (Å²) in [5.74, 6) is 4.89. The largest absolute Gasteiger partial charge is 0.384 e. The molecule has 104 valence electrons. The third kappa shape index (κ3) is 3.59. The highest BCUT2D eigenvalue weighted by molar-refractivity contribution is 5.97. The monoisotopic (exact) mass is 272 g/mol. The highest BCUT2D eigenvalue weighted by Crippen LogP contribution is 2.07. The van der Waals surface area contributed by atoms with Gasteiger partial charge in [-0.3, -0.25) is 9.59 Å². The van der Waals surface area contributed by atoms with Crippen molar-refractivity contribution in [1.82, 2.24) is 10.6 Å². The Morgan fingerprint density at radius 2 is 2.15 bits per heavy atom. The Kier molecular flexibility index (Phi) is 4.75. The Hall–Kier alpha value is -2.32. The molecule has 20 heavy (non-hydrogen) atoms. The third-order valence-corrected chi connectivity index (χ3v) is 3.05. The van der Waals surface area contributed by atoms with E-state index in [-0.39, 0.29) is 18.4 Å². The zero-order valence-corrected chi connectivity index (χ0v) is 11.0. The number of hydrogen-bond donors (Lipinski definition) is 3. The van der Waals surface area contributed by atoms with E-state index in [2.05, 4.69) is 22.5 Å². The molecule has 1 atom stereocenters. The van der Waals surface area contributed by atoms with E-state index in [0.717, 1.165) is 12.0 Å². The number of benzene rings is 1. The summed E-state index contributed by atoms with van der Waals surface area (Å²) in [4.78, 5) is 23.6. The van der Waals surface area contributed by atoms with Gasteiger partial charge in [-0.1, -0.05) is 11.8 Å². The molecule has 1 aliphatic heterocycles. The van der Waals surface area contributed by atoms with Crippen LogP contribution in [0.15, 0.2) is 24.3 Å². The van der Waals surface area contributed by atoms with Crippen molar-refractivity contribution in [2.45, 2.75) is 18.9 Å². The average molecular weight is 272 g/mol. The van der Waals surface area contributed by atoms with Crippen LogP contribution in [0, 0.1) is 11.8 Å². The summed E-state index contributed by atoms with van der Waals surface area (Å²) in [5, 5.41) is 14.0. The molecule has 0 bridgehead atoms. The fourth-order valence-corrected chi connectivity index (χ4v) is 2.00. The molecule has 0 spiro atoms. The van der Waals surface area contributed by atoms with Gasteiger partial charge in [-0.2, -0.15) is 0 Å². The van der Waals surface area contributed by atoms with Crippen molar-refractivity contribution in [3.05, 3.63) is 35.4 Å². The normalized spacial score (nSPS) is 17.6. The van der Waals surface area contributed by atoms with E-state index in [9.17, 15) is 9.59 Å². The predicted molar refractivity (Wildman–Crippen MR) is 73.9 cm³/mol. The Balaban J connectivity index is 2.00. The maximum atomic E-state index is 12.0. The minimum absolute atomic E-state index is 0.130. The van der Waals surface area contributed by atoms with Gasteiger partial charge in [0, 0.05) is 17.7 Å². The van der Waals surface area contributed by atoms with E-state index in [4.69, 9.17) is 5.11 Å². The number of rotatable bonds is 2. The number of carbonyl (C=O) groups is 2. The van der Waals surface area contributed by atoms with Crippen LogP contribution in [0.2, 0.25) is 0 Å². The van der Waals surface area contributed by atoms with Gasteiger partial charge in [-0.15, -0.1) is 0 Å². The van der Waals surface area contributed by atoms with Crippen molar-refractivity contribution < 1.29 is 14.7 Å². The van der Waals surface area contributed by atoms with Crippen LogP contribution in [-0.2, 0) is 4.79 Å². The minimum Gasteiger partial charge on any atom is -0.384 e. The molecule has 0 aromatic heterocycles. The Morgan fingerprint density at radius 1 is 1.40 bits per heavy atom. The van der Waals surface area contributed by atoms with Crippen molar-refractivity contribution in [2.75, 3.05) is 13.2 Å². The van der Waals surface area contributed by atoms with Crippen molar-refractivity contribution in [3.63, 3.8) is 0 Å². The highest BCUT2D eigenvalue weighted by Gasteiger charge is 2.23. The van der Waals surface area contributed by atoms with Gasteiger partial charge >= 0.3 is 0 Å². The first-order chi connectivity index (χ1) is 9.70. The summed E-state index contributed by atoms with van der Waals surface area (Å²) in [7, 11) is 0. The van der Waals surface area contributed by atoms with E-state index in [1.54, 1.807) is 24.3 Å². The number of carbonyl (C=O) groups excluding carboxylic acids is 2. The number of aliphatic hydroxyl groups excluding tert-OH is 1. The number of nitrogens with one attached hydrogen (secondary N) is 2. The smallest absolute Gasteiger partial charge is 0.251 e. The molecule has 5 nitrogen and oxygen atoms in total. The van der Waals surface area contributed by atoms with Crippen molar-refractivity contribution in [2.24, 2.45) is 0 Å². The summed E-state index contributed by atoms with van der Waals surface area (Å²) in [6.07, 6.45) is 1.53. The zero-order valence-electron chi connectivity index (χ0n) is 11.0. The summed E-state index contributed by atoms with van der Waals surface area (Å²) in [6, 6.07) is 6.26. The molecule has 1 heterocycles. The molecular weight excluding hydrogens is 256 g/mol. The lowest BCUT2D eigenvalue weighted by Gasteiger charge is -2.22. The summed E-state index contributed by atoms with van der Waals surface area (Å²) < 4.78 is 0. The molecule has 0 radical (unpaired) electrons. The maximum absolute atomic E-state index is 12.0. The highest BCUT2D eigenvalue weighted by atomic mass is 16.2. The van der Waals surface area contributed by atoms with Gasteiger partial charge < -0.3 is 15.7 Å². The number of aliphatic hydroxyl groups is 1. The number of amides is 2. The second kappa shape index (κ2) is 6.73. The summed E-state index contributed by atoms with van der Waals surface area (Å²) in [5.41, 5.74) is 1.21. The molecule has 1 aromatic rings. The molecule has 0 aliphatic carbocycles. The molecule has 5 heteroatoms. The molecule has 3 N–H and O–H groups in total. The second-order valence-electron chi connectivity index (χ2n) is 4.50. The quantitative estimate of drug-likeness (QED) is 0.665. The topological polar surface area (TPSA) is 78.4 Å². The van der Waals surface area contributed by atoms with Crippen molar-refractivity contribution >= 4 is 11.8 Å². The molecule has 1 fully saturated rings. The standard InChI is InChI=1S/C15H16N2O3/c18-10-2-3-11-5-7-12(8-6-11)14(19)17-13-4-1-9-16-15(13)20/h5-8,13,18H,1,4,9-10H2,(H,16,20)(H,17,19). The van der Waals surface area contributed by atoms with E-state index >= 15 is 0 Å².